The Bertz CT molecular complexity index is 1200. The van der Waals surface area contributed by atoms with Crippen LogP contribution in [0, 0.1) is 0 Å². The Hall–Kier alpha value is -3.78. The molecule has 0 aliphatic carbocycles. The van der Waals surface area contributed by atoms with Crippen molar-refractivity contribution in [1.29, 1.82) is 0 Å². The van der Waals surface area contributed by atoms with Gasteiger partial charge in [-0.25, -0.2) is 4.99 Å². The highest BCUT2D eigenvalue weighted by molar-refractivity contribution is 8.15. The highest BCUT2D eigenvalue weighted by Gasteiger charge is 2.39. The molecule has 1 N–H and O–H groups in total. The first kappa shape index (κ1) is 25.3. The zero-order chi connectivity index (χ0) is 25.3. The fourth-order valence-electron chi connectivity index (χ4n) is 3.64. The summed E-state index contributed by atoms with van der Waals surface area (Å²) in [5, 5.41) is 2.90. The molecule has 1 aliphatic rings. The van der Waals surface area contributed by atoms with Crippen molar-refractivity contribution < 1.29 is 19.1 Å². The van der Waals surface area contributed by atoms with Crippen molar-refractivity contribution in [2.75, 3.05) is 19.0 Å². The summed E-state index contributed by atoms with van der Waals surface area (Å²) in [4.78, 5) is 32.5. The molecule has 2 amide bonds. The summed E-state index contributed by atoms with van der Waals surface area (Å²) in [5.41, 5.74) is 2.36. The van der Waals surface area contributed by atoms with Crippen LogP contribution in [0.4, 0.5) is 11.4 Å². The number of amides is 2. The average molecular weight is 504 g/mol. The number of amidine groups is 1. The third kappa shape index (κ3) is 6.66. The molecule has 0 spiro atoms. The van der Waals surface area contributed by atoms with Crippen LogP contribution in [0.5, 0.6) is 11.5 Å². The summed E-state index contributed by atoms with van der Waals surface area (Å²) in [7, 11) is 1.61. The number of thioether (sulfide) groups is 1. The van der Waals surface area contributed by atoms with Crippen molar-refractivity contribution in [2.24, 2.45) is 4.99 Å². The Balaban J connectivity index is 1.47. The summed E-state index contributed by atoms with van der Waals surface area (Å²) in [6.07, 6.45) is 0.973. The van der Waals surface area contributed by atoms with Gasteiger partial charge < -0.3 is 14.8 Å². The molecule has 1 atom stereocenters. The second-order valence-electron chi connectivity index (χ2n) is 8.23. The molecule has 0 aromatic heterocycles. The molecule has 3 aromatic carbocycles. The number of benzene rings is 3. The minimum absolute atomic E-state index is 0.0461. The van der Waals surface area contributed by atoms with Gasteiger partial charge in [0.2, 0.25) is 11.8 Å². The van der Waals surface area contributed by atoms with Crippen LogP contribution in [0.3, 0.4) is 0 Å². The third-order valence-corrected chi connectivity index (χ3v) is 6.66. The number of nitrogens with zero attached hydrogens (tertiary/aromatic N) is 2. The topological polar surface area (TPSA) is 80.2 Å². The normalized spacial score (nSPS) is 16.3. The van der Waals surface area contributed by atoms with Crippen LogP contribution < -0.4 is 14.8 Å². The Morgan fingerprint density at radius 3 is 2.36 bits per heavy atom. The number of hydrogen-bond acceptors (Lipinski definition) is 6. The van der Waals surface area contributed by atoms with E-state index in [2.05, 4.69) is 5.32 Å². The Labute approximate surface area is 215 Å². The molecule has 8 heteroatoms. The van der Waals surface area contributed by atoms with Crippen LogP contribution in [0.25, 0.3) is 0 Å². The van der Waals surface area contributed by atoms with Crippen molar-refractivity contribution in [3.05, 3.63) is 84.4 Å². The smallest absolute Gasteiger partial charge is 0.242 e. The van der Waals surface area contributed by atoms with Gasteiger partial charge in [-0.05, 0) is 60.5 Å². The molecule has 1 aliphatic heterocycles. The molecule has 1 saturated heterocycles. The third-order valence-electron chi connectivity index (χ3n) is 5.48. The van der Waals surface area contributed by atoms with E-state index in [-0.39, 0.29) is 18.2 Å². The largest absolute Gasteiger partial charge is 0.497 e. The van der Waals surface area contributed by atoms with E-state index in [0.717, 1.165) is 23.5 Å². The quantitative estimate of drug-likeness (QED) is 0.387. The van der Waals surface area contributed by atoms with Crippen molar-refractivity contribution in [3.8, 4) is 11.5 Å². The Morgan fingerprint density at radius 2 is 1.69 bits per heavy atom. The number of rotatable bonds is 10. The number of aliphatic imine (C=N–C) groups is 1. The Morgan fingerprint density at radius 1 is 1.00 bits per heavy atom. The molecule has 7 nitrogen and oxygen atoms in total. The van der Waals surface area contributed by atoms with Gasteiger partial charge in [-0.3, -0.25) is 14.5 Å². The van der Waals surface area contributed by atoms with Crippen LogP contribution in [0.2, 0.25) is 0 Å². The lowest BCUT2D eigenvalue weighted by Crippen LogP contribution is -2.33. The van der Waals surface area contributed by atoms with Crippen LogP contribution in [0.15, 0.2) is 83.9 Å². The number of carbonyl (C=O) groups is 2. The van der Waals surface area contributed by atoms with Crippen LogP contribution in [-0.4, -0.2) is 40.8 Å². The Kier molecular flexibility index (Phi) is 8.62. The number of nitrogens with one attached hydrogen (secondary N) is 1. The van der Waals surface area contributed by atoms with E-state index in [1.807, 2.05) is 73.7 Å². The first-order valence-electron chi connectivity index (χ1n) is 11.8. The van der Waals surface area contributed by atoms with E-state index in [0.29, 0.717) is 29.7 Å². The highest BCUT2D eigenvalue weighted by Crippen LogP contribution is 2.33. The van der Waals surface area contributed by atoms with Crippen LogP contribution >= 0.6 is 11.8 Å². The van der Waals surface area contributed by atoms with Gasteiger partial charge in [-0.1, -0.05) is 49.0 Å². The lowest BCUT2D eigenvalue weighted by molar-refractivity contribution is -0.128. The summed E-state index contributed by atoms with van der Waals surface area (Å²) >= 11 is 1.32. The van der Waals surface area contributed by atoms with Crippen molar-refractivity contribution in [2.45, 2.75) is 31.6 Å². The second kappa shape index (κ2) is 12.3. The molecule has 4 rings (SSSR count). The van der Waals surface area contributed by atoms with Crippen molar-refractivity contribution >= 4 is 40.1 Å². The zero-order valence-corrected chi connectivity index (χ0v) is 21.2. The molecule has 186 valence electrons. The fourth-order valence-corrected chi connectivity index (χ4v) is 4.80. The fraction of sp³-hybridized carbons (Fsp3) is 0.250. The van der Waals surface area contributed by atoms with E-state index >= 15 is 0 Å². The SMILES string of the molecule is CCCOc1ccc(NC(=O)CC2SC(=Nc3ccc(OC)cc3)N(Cc3ccccc3)C2=O)cc1. The highest BCUT2D eigenvalue weighted by atomic mass is 32.2. The second-order valence-corrected chi connectivity index (χ2v) is 9.40. The lowest BCUT2D eigenvalue weighted by Gasteiger charge is -2.16. The molecular formula is C28H29N3O4S. The maximum absolute atomic E-state index is 13.4. The standard InChI is InChI=1S/C28H29N3O4S/c1-3-17-35-24-15-11-21(12-16-24)29-26(32)18-25-27(33)31(19-20-7-5-4-6-8-20)28(36-25)30-22-9-13-23(34-2)14-10-22/h4-16,25H,3,17-19H2,1-2H3,(H,29,32). The van der Waals surface area contributed by atoms with E-state index in [1.165, 1.54) is 11.8 Å². The van der Waals surface area contributed by atoms with Gasteiger partial charge in [0.05, 0.1) is 25.9 Å². The minimum Gasteiger partial charge on any atom is -0.497 e. The van der Waals surface area contributed by atoms with E-state index < -0.39 is 5.25 Å². The molecule has 0 radical (unpaired) electrons. The first-order valence-corrected chi connectivity index (χ1v) is 12.7. The van der Waals surface area contributed by atoms with E-state index in [1.54, 1.807) is 24.1 Å². The maximum Gasteiger partial charge on any atom is 0.242 e. The monoisotopic (exact) mass is 503 g/mol. The van der Waals surface area contributed by atoms with E-state index in [4.69, 9.17) is 14.5 Å². The molecule has 3 aromatic rings. The minimum atomic E-state index is -0.558. The van der Waals surface area contributed by atoms with Crippen LogP contribution in [-0.2, 0) is 16.1 Å². The number of carbonyl (C=O) groups excluding carboxylic acids is 2. The molecule has 1 unspecified atom stereocenters. The molecule has 1 heterocycles. The number of methoxy groups -OCH3 is 1. The maximum atomic E-state index is 13.4. The number of hydrogen-bond donors (Lipinski definition) is 1. The van der Waals surface area contributed by atoms with Gasteiger partial charge in [0.1, 0.15) is 16.7 Å². The molecule has 0 bridgehead atoms. The average Bonchev–Trinajstić information content (AvgIpc) is 3.18. The number of ether oxygens (including phenoxy) is 2. The molecule has 1 fully saturated rings. The summed E-state index contributed by atoms with van der Waals surface area (Å²) < 4.78 is 10.8. The molecular weight excluding hydrogens is 474 g/mol. The van der Waals surface area contributed by atoms with Gasteiger partial charge in [-0.15, -0.1) is 0 Å². The van der Waals surface area contributed by atoms with Gasteiger partial charge in [-0.2, -0.15) is 0 Å². The lowest BCUT2D eigenvalue weighted by atomic mass is 10.2. The van der Waals surface area contributed by atoms with E-state index in [9.17, 15) is 9.59 Å². The summed E-state index contributed by atoms with van der Waals surface area (Å²) in [6, 6.07) is 24.3. The zero-order valence-electron chi connectivity index (χ0n) is 20.3. The van der Waals surface area contributed by atoms with Gasteiger partial charge >= 0.3 is 0 Å². The van der Waals surface area contributed by atoms with Crippen molar-refractivity contribution in [1.82, 2.24) is 4.90 Å². The van der Waals surface area contributed by atoms with Gasteiger partial charge in [0.15, 0.2) is 5.17 Å². The predicted molar refractivity (Wildman–Crippen MR) is 144 cm³/mol. The first-order chi connectivity index (χ1) is 17.6. The van der Waals surface area contributed by atoms with Gasteiger partial charge in [0, 0.05) is 12.1 Å². The predicted octanol–water partition coefficient (Wildman–Crippen LogP) is 5.64. The van der Waals surface area contributed by atoms with Gasteiger partial charge in [0.25, 0.3) is 0 Å². The summed E-state index contributed by atoms with van der Waals surface area (Å²) in [5.74, 6) is 1.13. The molecule has 0 saturated carbocycles. The summed E-state index contributed by atoms with van der Waals surface area (Å²) in [6.45, 7) is 3.08. The number of anilines is 1. The van der Waals surface area contributed by atoms with Crippen LogP contribution in [0.1, 0.15) is 25.3 Å². The molecule has 36 heavy (non-hydrogen) atoms. The van der Waals surface area contributed by atoms with Crippen molar-refractivity contribution in [3.63, 3.8) is 0 Å².